The van der Waals surface area contributed by atoms with Crippen LogP contribution in [0.5, 0.6) is 0 Å². The average Bonchev–Trinajstić information content (AvgIpc) is 3.55. The minimum atomic E-state index is -5.08. The Morgan fingerprint density at radius 1 is 0.909 bits per heavy atom. The van der Waals surface area contributed by atoms with Crippen molar-refractivity contribution in [3.05, 3.63) is 69.5 Å². The fraction of sp³-hybridized carbons (Fsp3) is 0.440. The van der Waals surface area contributed by atoms with Gasteiger partial charge in [-0.1, -0.05) is 16.4 Å². The third-order valence-electron chi connectivity index (χ3n) is 7.14. The number of anilines is 2. The summed E-state index contributed by atoms with van der Waals surface area (Å²) in [5.74, 6) is 0.0539. The van der Waals surface area contributed by atoms with Crippen LogP contribution in [0.3, 0.4) is 0 Å². The number of hydrogen-bond donors (Lipinski definition) is 1. The quantitative estimate of drug-likeness (QED) is 0.272. The lowest BCUT2D eigenvalue weighted by atomic mass is 9.94. The molecule has 19 heteroatoms. The second-order valence-corrected chi connectivity index (χ2v) is 10.3. The molecule has 5 rings (SSSR count). The zero-order valence-electron chi connectivity index (χ0n) is 22.9. The van der Waals surface area contributed by atoms with Crippen molar-refractivity contribution in [1.82, 2.24) is 40.8 Å². The van der Waals surface area contributed by atoms with Crippen LogP contribution in [-0.4, -0.2) is 47.4 Å². The molecule has 0 radical (unpaired) electrons. The number of aromatic amines is 1. The van der Waals surface area contributed by atoms with E-state index in [1.807, 2.05) is 0 Å². The van der Waals surface area contributed by atoms with Gasteiger partial charge in [0.1, 0.15) is 0 Å². The first-order valence-corrected chi connectivity index (χ1v) is 13.0. The summed E-state index contributed by atoms with van der Waals surface area (Å²) in [5.41, 5.74) is -3.96. The van der Waals surface area contributed by atoms with Gasteiger partial charge in [-0.2, -0.15) is 49.5 Å². The van der Waals surface area contributed by atoms with Gasteiger partial charge in [0.15, 0.2) is 5.82 Å². The number of alkyl halides is 9. The fourth-order valence-electron chi connectivity index (χ4n) is 5.24. The molecule has 10 nitrogen and oxygen atoms in total. The molecule has 1 N–H and O–H groups in total. The molecule has 1 atom stereocenters. The Bertz CT molecular complexity index is 1580. The highest BCUT2D eigenvalue weighted by Gasteiger charge is 2.39. The smallest absolute Gasteiger partial charge is 0.364 e. The first-order chi connectivity index (χ1) is 20.5. The van der Waals surface area contributed by atoms with Crippen molar-refractivity contribution >= 4 is 11.6 Å². The summed E-state index contributed by atoms with van der Waals surface area (Å²) in [5, 5.41) is 25.4. The Morgan fingerprint density at radius 3 is 2.14 bits per heavy atom. The van der Waals surface area contributed by atoms with Gasteiger partial charge in [-0.25, -0.2) is 0 Å². The first-order valence-electron chi connectivity index (χ1n) is 13.0. The van der Waals surface area contributed by atoms with Gasteiger partial charge in [0, 0.05) is 18.8 Å². The molecule has 4 aromatic rings. The van der Waals surface area contributed by atoms with E-state index in [9.17, 15) is 39.5 Å². The predicted molar refractivity (Wildman–Crippen MR) is 135 cm³/mol. The molecule has 1 aliphatic rings. The third kappa shape index (κ3) is 6.54. The number of nitrogens with one attached hydrogen (secondary N) is 1. The number of H-pyrrole nitrogens is 1. The second kappa shape index (κ2) is 11.2. The molecular formula is C25H23F9N10. The van der Waals surface area contributed by atoms with E-state index in [1.165, 1.54) is 24.9 Å². The number of benzene rings is 2. The van der Waals surface area contributed by atoms with E-state index in [1.54, 1.807) is 4.90 Å². The van der Waals surface area contributed by atoms with E-state index in [0.717, 1.165) is 10.9 Å². The highest BCUT2D eigenvalue weighted by molar-refractivity contribution is 5.62. The Balaban J connectivity index is 1.67. The standard InChI is InChI=1S/C25H23F9N10/c1-13-6-17-19(4-3-5-43(12-21-35-39-40-36-21)20(17)10-18(13)25(32,33)34)44(22-37-41-42(2)38-22)11-14-7-15(23(26,27)28)9-16(8-14)24(29,30)31/h6-10,19H,3-5,11-12H2,1-2H3,(H,35,36,39,40)/t19-/m0/s1. The predicted octanol–water partition coefficient (Wildman–Crippen LogP) is 5.64. The van der Waals surface area contributed by atoms with Crippen molar-refractivity contribution in [2.45, 2.75) is 57.4 Å². The average molecular weight is 635 g/mol. The summed E-state index contributed by atoms with van der Waals surface area (Å²) in [7, 11) is 1.41. The maximum atomic E-state index is 14.0. The molecule has 0 bridgehead atoms. The lowest BCUT2D eigenvalue weighted by Gasteiger charge is -2.33. The summed E-state index contributed by atoms with van der Waals surface area (Å²) in [6.45, 7) is 0.917. The van der Waals surface area contributed by atoms with Crippen LogP contribution >= 0.6 is 0 Å². The number of aromatic nitrogens is 8. The van der Waals surface area contributed by atoms with E-state index < -0.39 is 47.8 Å². The van der Waals surface area contributed by atoms with E-state index in [0.29, 0.717) is 24.1 Å². The third-order valence-corrected chi connectivity index (χ3v) is 7.14. The van der Waals surface area contributed by atoms with Crippen molar-refractivity contribution in [3.8, 4) is 0 Å². The number of rotatable bonds is 6. The van der Waals surface area contributed by atoms with Crippen LogP contribution in [-0.2, 0) is 38.7 Å². The van der Waals surface area contributed by atoms with Gasteiger partial charge in [0.25, 0.3) is 5.95 Å². The lowest BCUT2D eigenvalue weighted by Crippen LogP contribution is -2.30. The van der Waals surface area contributed by atoms with E-state index in [2.05, 4.69) is 36.0 Å². The molecule has 3 heterocycles. The van der Waals surface area contributed by atoms with Crippen molar-refractivity contribution in [1.29, 1.82) is 0 Å². The minimum absolute atomic E-state index is 0.0210. The monoisotopic (exact) mass is 634 g/mol. The van der Waals surface area contributed by atoms with Gasteiger partial charge < -0.3 is 9.80 Å². The topological polar surface area (TPSA) is 105 Å². The fourth-order valence-corrected chi connectivity index (χ4v) is 5.24. The summed E-state index contributed by atoms with van der Waals surface area (Å²) in [6.07, 6.45) is -14.3. The zero-order chi connectivity index (χ0) is 32.0. The molecule has 0 aliphatic carbocycles. The molecule has 0 spiro atoms. The molecule has 0 saturated heterocycles. The van der Waals surface area contributed by atoms with Gasteiger partial charge >= 0.3 is 18.5 Å². The minimum Gasteiger partial charge on any atom is -0.364 e. The Labute approximate surface area is 242 Å². The van der Waals surface area contributed by atoms with Gasteiger partial charge in [0.05, 0.1) is 36.3 Å². The highest BCUT2D eigenvalue weighted by Crippen LogP contribution is 2.44. The highest BCUT2D eigenvalue weighted by atomic mass is 19.4. The first kappa shape index (κ1) is 31.0. The van der Waals surface area contributed by atoms with Crippen LogP contribution in [0.2, 0.25) is 0 Å². The molecule has 0 unspecified atom stereocenters. The Morgan fingerprint density at radius 2 is 1.59 bits per heavy atom. The van der Waals surface area contributed by atoms with Crippen LogP contribution in [0.4, 0.5) is 51.1 Å². The number of tetrazole rings is 2. The van der Waals surface area contributed by atoms with Crippen LogP contribution in [0.1, 0.15) is 58.1 Å². The molecule has 0 amide bonds. The van der Waals surface area contributed by atoms with E-state index in [-0.39, 0.29) is 54.2 Å². The molecule has 2 aromatic carbocycles. The maximum absolute atomic E-state index is 14.0. The number of halogens is 9. The largest absolute Gasteiger partial charge is 0.416 e. The van der Waals surface area contributed by atoms with E-state index in [4.69, 9.17) is 0 Å². The number of aryl methyl sites for hydroxylation is 2. The summed E-state index contributed by atoms with van der Waals surface area (Å²) >= 11 is 0. The summed E-state index contributed by atoms with van der Waals surface area (Å²) < 4.78 is 124. The molecule has 0 saturated carbocycles. The van der Waals surface area contributed by atoms with Gasteiger partial charge in [-0.05, 0) is 65.9 Å². The van der Waals surface area contributed by atoms with Crippen molar-refractivity contribution in [2.24, 2.45) is 7.05 Å². The van der Waals surface area contributed by atoms with Gasteiger partial charge in [-0.3, -0.25) is 0 Å². The summed E-state index contributed by atoms with van der Waals surface area (Å²) in [4.78, 5) is 4.02. The molecule has 2 aromatic heterocycles. The van der Waals surface area contributed by atoms with Gasteiger partial charge in [-0.15, -0.1) is 15.3 Å². The molecule has 236 valence electrons. The molecule has 0 fully saturated rings. The van der Waals surface area contributed by atoms with Crippen molar-refractivity contribution < 1.29 is 39.5 Å². The Hall–Kier alpha value is -4.45. The molecular weight excluding hydrogens is 611 g/mol. The van der Waals surface area contributed by atoms with Crippen molar-refractivity contribution in [3.63, 3.8) is 0 Å². The lowest BCUT2D eigenvalue weighted by molar-refractivity contribution is -0.143. The number of fused-ring (bicyclic) bond motifs is 1. The SMILES string of the molecule is Cc1cc2c(cc1C(F)(F)F)N(Cc1nn[nH]n1)CCC[C@@H]2N(Cc1cc(C(F)(F)F)cc(C(F)(F)F)c1)c1nnn(C)n1. The molecule has 1 aliphatic heterocycles. The van der Waals surface area contributed by atoms with Crippen LogP contribution in [0.15, 0.2) is 30.3 Å². The van der Waals surface area contributed by atoms with E-state index >= 15 is 0 Å². The second-order valence-electron chi connectivity index (χ2n) is 10.3. The van der Waals surface area contributed by atoms with Gasteiger partial charge in [0.2, 0.25) is 0 Å². The number of hydrogen-bond acceptors (Lipinski definition) is 8. The normalized spacial score (nSPS) is 16.2. The number of nitrogens with zero attached hydrogens (tertiary/aromatic N) is 9. The van der Waals surface area contributed by atoms with Crippen molar-refractivity contribution in [2.75, 3.05) is 16.3 Å². The Kier molecular flexibility index (Phi) is 7.91. The van der Waals surface area contributed by atoms with Crippen LogP contribution in [0, 0.1) is 6.92 Å². The zero-order valence-corrected chi connectivity index (χ0v) is 22.9. The summed E-state index contributed by atoms with van der Waals surface area (Å²) in [6, 6.07) is 2.61. The molecule has 44 heavy (non-hydrogen) atoms. The maximum Gasteiger partial charge on any atom is 0.416 e. The van der Waals surface area contributed by atoms with Crippen LogP contribution < -0.4 is 9.80 Å². The van der Waals surface area contributed by atoms with Crippen LogP contribution in [0.25, 0.3) is 0 Å².